The van der Waals surface area contributed by atoms with Crippen molar-refractivity contribution in [3.63, 3.8) is 0 Å². The molecule has 2 heteroatoms. The van der Waals surface area contributed by atoms with E-state index in [0.29, 0.717) is 0 Å². The summed E-state index contributed by atoms with van der Waals surface area (Å²) in [7, 11) is 0. The highest BCUT2D eigenvalue weighted by atomic mass is 16.5. The quantitative estimate of drug-likeness (QED) is 0.801. The Bertz CT molecular complexity index is 305. The lowest BCUT2D eigenvalue weighted by atomic mass is 10.1. The van der Waals surface area contributed by atoms with E-state index in [-0.39, 0.29) is 12.1 Å². The third kappa shape index (κ3) is 2.74. The third-order valence-electron chi connectivity index (χ3n) is 2.09. The highest BCUT2D eigenvalue weighted by molar-refractivity contribution is 5.37. The van der Waals surface area contributed by atoms with E-state index in [1.807, 2.05) is 39.8 Å². The summed E-state index contributed by atoms with van der Waals surface area (Å²) in [6.45, 7) is 8.08. The second kappa shape index (κ2) is 4.47. The minimum atomic E-state index is 0.0850. The maximum atomic E-state index is 5.79. The van der Waals surface area contributed by atoms with Gasteiger partial charge >= 0.3 is 0 Å². The van der Waals surface area contributed by atoms with E-state index in [2.05, 4.69) is 6.07 Å². The van der Waals surface area contributed by atoms with Gasteiger partial charge in [0.2, 0.25) is 0 Å². The monoisotopic (exact) mass is 193 g/mol. The smallest absolute Gasteiger partial charge is 0.122 e. The Morgan fingerprint density at radius 2 is 1.86 bits per heavy atom. The number of ether oxygens (including phenoxy) is 1. The molecule has 1 aromatic rings. The van der Waals surface area contributed by atoms with E-state index in [1.54, 1.807) is 0 Å². The largest absolute Gasteiger partial charge is 0.491 e. The fourth-order valence-electron chi connectivity index (χ4n) is 1.34. The van der Waals surface area contributed by atoms with Crippen molar-refractivity contribution in [3.8, 4) is 5.75 Å². The van der Waals surface area contributed by atoms with Crippen LogP contribution >= 0.6 is 0 Å². The molecular formula is C12H19NO. The second-order valence-corrected chi connectivity index (χ2v) is 3.98. The van der Waals surface area contributed by atoms with Crippen LogP contribution in [0.4, 0.5) is 0 Å². The molecule has 0 aromatic heterocycles. The highest BCUT2D eigenvalue weighted by Gasteiger charge is 2.05. The maximum Gasteiger partial charge on any atom is 0.122 e. The Morgan fingerprint density at radius 1 is 1.21 bits per heavy atom. The average Bonchev–Trinajstić information content (AvgIpc) is 2.07. The van der Waals surface area contributed by atoms with Gasteiger partial charge in [-0.05, 0) is 44.9 Å². The van der Waals surface area contributed by atoms with E-state index >= 15 is 0 Å². The molecule has 1 rings (SSSR count). The number of hydrogen-bond donors (Lipinski definition) is 1. The molecule has 0 aliphatic carbocycles. The summed E-state index contributed by atoms with van der Waals surface area (Å²) in [4.78, 5) is 0. The van der Waals surface area contributed by atoms with Crippen LogP contribution in [0.5, 0.6) is 5.75 Å². The molecule has 0 aliphatic heterocycles. The Kier molecular flexibility index (Phi) is 3.53. The predicted octanol–water partition coefficient (Wildman–Crippen LogP) is 2.80. The summed E-state index contributed by atoms with van der Waals surface area (Å²) in [5.41, 5.74) is 8.09. The molecule has 0 heterocycles. The lowest BCUT2D eigenvalue weighted by Gasteiger charge is -2.14. The van der Waals surface area contributed by atoms with Crippen molar-refractivity contribution in [1.29, 1.82) is 0 Å². The Morgan fingerprint density at radius 3 is 2.29 bits per heavy atom. The average molecular weight is 193 g/mol. The molecule has 78 valence electrons. The van der Waals surface area contributed by atoms with Gasteiger partial charge in [0, 0.05) is 6.04 Å². The van der Waals surface area contributed by atoms with Gasteiger partial charge in [0.1, 0.15) is 5.75 Å². The maximum absolute atomic E-state index is 5.79. The number of rotatable bonds is 3. The molecule has 14 heavy (non-hydrogen) atoms. The van der Waals surface area contributed by atoms with Crippen molar-refractivity contribution in [2.75, 3.05) is 0 Å². The molecular weight excluding hydrogens is 174 g/mol. The van der Waals surface area contributed by atoms with Crippen molar-refractivity contribution in [3.05, 3.63) is 29.3 Å². The summed E-state index contributed by atoms with van der Waals surface area (Å²) in [6.07, 6.45) is 0.217. The van der Waals surface area contributed by atoms with Gasteiger partial charge in [-0.2, -0.15) is 0 Å². The van der Waals surface area contributed by atoms with E-state index in [1.165, 1.54) is 0 Å². The van der Waals surface area contributed by atoms with Crippen LogP contribution in [-0.4, -0.2) is 6.10 Å². The number of hydrogen-bond acceptors (Lipinski definition) is 2. The first-order valence-corrected chi connectivity index (χ1v) is 5.03. The molecule has 1 aromatic carbocycles. The zero-order valence-electron chi connectivity index (χ0n) is 9.37. The highest BCUT2D eigenvalue weighted by Crippen LogP contribution is 2.22. The summed E-state index contributed by atoms with van der Waals surface area (Å²) < 4.78 is 5.64. The summed E-state index contributed by atoms with van der Waals surface area (Å²) in [5, 5.41) is 0. The molecule has 0 unspecified atom stereocenters. The van der Waals surface area contributed by atoms with Crippen LogP contribution in [0.3, 0.4) is 0 Å². The van der Waals surface area contributed by atoms with E-state index in [4.69, 9.17) is 10.5 Å². The van der Waals surface area contributed by atoms with Crippen LogP contribution in [0, 0.1) is 6.92 Å². The topological polar surface area (TPSA) is 35.2 Å². The van der Waals surface area contributed by atoms with Crippen LogP contribution < -0.4 is 10.5 Å². The van der Waals surface area contributed by atoms with Gasteiger partial charge in [0.05, 0.1) is 6.10 Å². The number of benzene rings is 1. The fourth-order valence-corrected chi connectivity index (χ4v) is 1.34. The van der Waals surface area contributed by atoms with Crippen LogP contribution in [0.1, 0.15) is 37.9 Å². The van der Waals surface area contributed by atoms with Gasteiger partial charge in [-0.3, -0.25) is 0 Å². The molecule has 0 bridgehead atoms. The molecule has 0 amide bonds. The minimum absolute atomic E-state index is 0.0850. The predicted molar refractivity (Wildman–Crippen MR) is 59.5 cm³/mol. The molecule has 0 saturated heterocycles. The fraction of sp³-hybridized carbons (Fsp3) is 0.500. The SMILES string of the molecule is Cc1cc([C@H](C)N)ccc1OC(C)C. The number of aryl methyl sites for hydroxylation is 1. The van der Waals surface area contributed by atoms with Gasteiger partial charge in [-0.25, -0.2) is 0 Å². The first-order valence-electron chi connectivity index (χ1n) is 5.03. The molecule has 2 N–H and O–H groups in total. The lowest BCUT2D eigenvalue weighted by Crippen LogP contribution is -2.08. The Labute approximate surface area is 86.1 Å². The van der Waals surface area contributed by atoms with Gasteiger partial charge in [-0.1, -0.05) is 12.1 Å². The number of nitrogens with two attached hydrogens (primary N) is 1. The van der Waals surface area contributed by atoms with Gasteiger partial charge in [-0.15, -0.1) is 0 Å². The van der Waals surface area contributed by atoms with Crippen molar-refractivity contribution in [2.24, 2.45) is 5.73 Å². The first-order chi connectivity index (χ1) is 6.50. The van der Waals surface area contributed by atoms with Crippen molar-refractivity contribution < 1.29 is 4.74 Å². The summed E-state index contributed by atoms with van der Waals surface area (Å²) in [6, 6.07) is 6.19. The molecule has 2 nitrogen and oxygen atoms in total. The van der Waals surface area contributed by atoms with Crippen LogP contribution in [0.15, 0.2) is 18.2 Å². The van der Waals surface area contributed by atoms with Crippen molar-refractivity contribution in [2.45, 2.75) is 39.8 Å². The Hall–Kier alpha value is -1.02. The molecule has 0 radical (unpaired) electrons. The standard InChI is InChI=1S/C12H19NO/c1-8(2)14-12-6-5-11(10(4)13)7-9(12)3/h5-8,10H,13H2,1-4H3/t10-/m0/s1. The van der Waals surface area contributed by atoms with Crippen molar-refractivity contribution in [1.82, 2.24) is 0 Å². The third-order valence-corrected chi connectivity index (χ3v) is 2.09. The molecule has 0 saturated carbocycles. The summed E-state index contributed by atoms with van der Waals surface area (Å²) in [5.74, 6) is 0.949. The van der Waals surface area contributed by atoms with Gasteiger partial charge < -0.3 is 10.5 Å². The second-order valence-electron chi connectivity index (χ2n) is 3.98. The zero-order chi connectivity index (χ0) is 10.7. The van der Waals surface area contributed by atoms with Gasteiger partial charge in [0.15, 0.2) is 0 Å². The van der Waals surface area contributed by atoms with Crippen LogP contribution in [0.25, 0.3) is 0 Å². The van der Waals surface area contributed by atoms with Gasteiger partial charge in [0.25, 0.3) is 0 Å². The van der Waals surface area contributed by atoms with Crippen molar-refractivity contribution >= 4 is 0 Å². The Balaban J connectivity index is 2.90. The molecule has 0 fully saturated rings. The first kappa shape index (κ1) is 11.1. The van der Waals surface area contributed by atoms with E-state index in [0.717, 1.165) is 16.9 Å². The van der Waals surface area contributed by atoms with Crippen LogP contribution in [0.2, 0.25) is 0 Å². The van der Waals surface area contributed by atoms with Crippen LogP contribution in [-0.2, 0) is 0 Å². The lowest BCUT2D eigenvalue weighted by molar-refractivity contribution is 0.240. The molecule has 0 spiro atoms. The molecule has 0 aliphatic rings. The molecule has 1 atom stereocenters. The zero-order valence-corrected chi connectivity index (χ0v) is 9.37. The summed E-state index contributed by atoms with van der Waals surface area (Å²) >= 11 is 0. The normalized spacial score (nSPS) is 13.0. The minimum Gasteiger partial charge on any atom is -0.491 e. The van der Waals surface area contributed by atoms with E-state index in [9.17, 15) is 0 Å². The van der Waals surface area contributed by atoms with E-state index < -0.39 is 0 Å².